The maximum Gasteiger partial charge on any atom is 0.337 e. The number of carbonyl (C=O) groups excluding carboxylic acids is 1. The molecule has 3 rings (SSSR count). The fourth-order valence-corrected chi connectivity index (χ4v) is 4.91. The lowest BCUT2D eigenvalue weighted by molar-refractivity contribution is 0.0600. The molecule has 0 N–H and O–H groups in total. The highest BCUT2D eigenvalue weighted by Gasteiger charge is 2.36. The average Bonchev–Trinajstić information content (AvgIpc) is 3.18. The van der Waals surface area contributed by atoms with Gasteiger partial charge in [-0.25, -0.2) is 13.2 Å². The van der Waals surface area contributed by atoms with Gasteiger partial charge in [0.15, 0.2) is 0 Å². The molecule has 1 atom stereocenters. The number of methoxy groups -OCH3 is 2. The van der Waals surface area contributed by atoms with E-state index in [4.69, 9.17) is 4.74 Å². The van der Waals surface area contributed by atoms with Gasteiger partial charge >= 0.3 is 5.97 Å². The van der Waals surface area contributed by atoms with Crippen LogP contribution in [0, 0.1) is 0 Å². The number of ether oxygens (including phenoxy) is 2. The molecule has 7 heteroatoms. The van der Waals surface area contributed by atoms with Gasteiger partial charge in [-0.15, -0.1) is 0 Å². The minimum Gasteiger partial charge on any atom is -0.497 e. The van der Waals surface area contributed by atoms with Crippen LogP contribution in [0.1, 0.15) is 34.8 Å². The summed E-state index contributed by atoms with van der Waals surface area (Å²) >= 11 is 0. The number of esters is 1. The first-order valence-electron chi connectivity index (χ1n) is 8.31. The first-order chi connectivity index (χ1) is 12.5. The number of benzene rings is 2. The van der Waals surface area contributed by atoms with E-state index in [1.807, 2.05) is 24.3 Å². The molecule has 1 aliphatic heterocycles. The van der Waals surface area contributed by atoms with E-state index in [1.165, 1.54) is 35.7 Å². The van der Waals surface area contributed by atoms with Gasteiger partial charge in [0.1, 0.15) is 5.75 Å². The molecule has 0 radical (unpaired) electrons. The topological polar surface area (TPSA) is 72.9 Å². The molecule has 138 valence electrons. The molecule has 0 amide bonds. The standard InChI is InChI=1S/C19H21NO5S/c1-24-16-6-3-5-15(13-16)18-7-4-12-20(18)26(22,23)17-10-8-14(9-11-17)19(21)25-2/h3,5-6,8-11,13,18H,4,7,12H2,1-2H3. The number of hydrogen-bond acceptors (Lipinski definition) is 5. The third kappa shape index (κ3) is 3.45. The summed E-state index contributed by atoms with van der Waals surface area (Å²) in [5.74, 6) is 0.207. The first-order valence-corrected chi connectivity index (χ1v) is 9.75. The van der Waals surface area contributed by atoms with Crippen LogP contribution in [0.3, 0.4) is 0 Å². The van der Waals surface area contributed by atoms with Crippen LogP contribution in [0.25, 0.3) is 0 Å². The maximum absolute atomic E-state index is 13.1. The first kappa shape index (κ1) is 18.4. The fourth-order valence-electron chi connectivity index (χ4n) is 3.23. The molecule has 1 heterocycles. The molecule has 1 saturated heterocycles. The van der Waals surface area contributed by atoms with Gasteiger partial charge in [0.25, 0.3) is 0 Å². The number of rotatable bonds is 5. The highest BCUT2D eigenvalue weighted by Crippen LogP contribution is 2.37. The van der Waals surface area contributed by atoms with Crippen LogP contribution in [-0.2, 0) is 14.8 Å². The zero-order valence-corrected chi connectivity index (χ0v) is 15.5. The van der Waals surface area contributed by atoms with E-state index in [0.717, 1.165) is 18.4 Å². The molecule has 6 nitrogen and oxygen atoms in total. The normalized spacial score (nSPS) is 17.8. The SMILES string of the molecule is COC(=O)c1ccc(S(=O)(=O)N2CCCC2c2cccc(OC)c2)cc1. The average molecular weight is 375 g/mol. The number of sulfonamides is 1. The van der Waals surface area contributed by atoms with Crippen LogP contribution >= 0.6 is 0 Å². The van der Waals surface area contributed by atoms with Gasteiger partial charge < -0.3 is 9.47 Å². The van der Waals surface area contributed by atoms with Crippen molar-refractivity contribution in [2.24, 2.45) is 0 Å². The Morgan fingerprint density at radius 2 is 1.85 bits per heavy atom. The smallest absolute Gasteiger partial charge is 0.337 e. The Morgan fingerprint density at radius 3 is 2.50 bits per heavy atom. The van der Waals surface area contributed by atoms with Crippen molar-refractivity contribution in [1.82, 2.24) is 4.31 Å². The van der Waals surface area contributed by atoms with Gasteiger partial charge in [0.05, 0.1) is 30.7 Å². The van der Waals surface area contributed by atoms with Crippen LogP contribution < -0.4 is 4.74 Å². The number of carbonyl (C=O) groups is 1. The number of nitrogens with zero attached hydrogens (tertiary/aromatic N) is 1. The lowest BCUT2D eigenvalue weighted by atomic mass is 10.1. The van der Waals surface area contributed by atoms with Crippen molar-refractivity contribution in [2.75, 3.05) is 20.8 Å². The molecule has 1 unspecified atom stereocenters. The lowest BCUT2D eigenvalue weighted by Crippen LogP contribution is -2.30. The third-order valence-electron chi connectivity index (χ3n) is 4.56. The fraction of sp³-hybridized carbons (Fsp3) is 0.316. The van der Waals surface area contributed by atoms with E-state index >= 15 is 0 Å². The van der Waals surface area contributed by atoms with Crippen LogP contribution in [0.5, 0.6) is 5.75 Å². The Labute approximate surface area is 153 Å². The van der Waals surface area contributed by atoms with Crippen molar-refractivity contribution < 1.29 is 22.7 Å². The van der Waals surface area contributed by atoms with E-state index < -0.39 is 16.0 Å². The van der Waals surface area contributed by atoms with Crippen molar-refractivity contribution in [1.29, 1.82) is 0 Å². The van der Waals surface area contributed by atoms with Gasteiger partial charge in [-0.1, -0.05) is 12.1 Å². The van der Waals surface area contributed by atoms with Crippen LogP contribution in [0.2, 0.25) is 0 Å². The molecule has 0 spiro atoms. The Balaban J connectivity index is 1.91. The highest BCUT2D eigenvalue weighted by atomic mass is 32.2. The third-order valence-corrected chi connectivity index (χ3v) is 6.49. The Bertz CT molecular complexity index is 892. The summed E-state index contributed by atoms with van der Waals surface area (Å²) in [5.41, 5.74) is 1.23. The quantitative estimate of drug-likeness (QED) is 0.751. The summed E-state index contributed by atoms with van der Waals surface area (Å²) in [4.78, 5) is 11.7. The minimum absolute atomic E-state index is 0.167. The van der Waals surface area contributed by atoms with Crippen molar-refractivity contribution in [3.63, 3.8) is 0 Å². The van der Waals surface area contributed by atoms with Crippen molar-refractivity contribution >= 4 is 16.0 Å². The second-order valence-electron chi connectivity index (χ2n) is 6.07. The predicted octanol–water partition coefficient (Wildman–Crippen LogP) is 3.01. The Hall–Kier alpha value is -2.38. The second kappa shape index (κ2) is 7.47. The largest absolute Gasteiger partial charge is 0.497 e. The Kier molecular flexibility index (Phi) is 5.29. The molecule has 2 aromatic rings. The van der Waals surface area contributed by atoms with E-state index in [9.17, 15) is 13.2 Å². The number of hydrogen-bond donors (Lipinski definition) is 0. The van der Waals surface area contributed by atoms with Crippen LogP contribution in [-0.4, -0.2) is 39.5 Å². The molecule has 0 bridgehead atoms. The summed E-state index contributed by atoms with van der Waals surface area (Å²) in [5, 5.41) is 0. The zero-order valence-electron chi connectivity index (χ0n) is 14.7. The van der Waals surface area contributed by atoms with Gasteiger partial charge in [0.2, 0.25) is 10.0 Å². The monoisotopic (exact) mass is 375 g/mol. The summed E-state index contributed by atoms with van der Waals surface area (Å²) in [6, 6.07) is 13.1. The highest BCUT2D eigenvalue weighted by molar-refractivity contribution is 7.89. The second-order valence-corrected chi connectivity index (χ2v) is 7.96. The van der Waals surface area contributed by atoms with Crippen LogP contribution in [0.15, 0.2) is 53.4 Å². The predicted molar refractivity (Wildman–Crippen MR) is 96.6 cm³/mol. The summed E-state index contributed by atoms with van der Waals surface area (Å²) in [6.07, 6.45) is 1.55. The van der Waals surface area contributed by atoms with E-state index in [2.05, 4.69) is 4.74 Å². The summed E-state index contributed by atoms with van der Waals surface area (Å²) in [7, 11) is -0.788. The molecule has 0 saturated carbocycles. The van der Waals surface area contributed by atoms with Gasteiger partial charge in [-0.3, -0.25) is 0 Å². The van der Waals surface area contributed by atoms with E-state index in [-0.39, 0.29) is 10.9 Å². The molecule has 0 aliphatic carbocycles. The maximum atomic E-state index is 13.1. The van der Waals surface area contributed by atoms with E-state index in [0.29, 0.717) is 17.9 Å². The Morgan fingerprint density at radius 1 is 1.12 bits per heavy atom. The molecule has 1 fully saturated rings. The molecule has 26 heavy (non-hydrogen) atoms. The van der Waals surface area contributed by atoms with Gasteiger partial charge in [0, 0.05) is 6.54 Å². The molecule has 2 aromatic carbocycles. The van der Waals surface area contributed by atoms with Gasteiger partial charge in [-0.2, -0.15) is 4.31 Å². The summed E-state index contributed by atoms with van der Waals surface area (Å²) in [6.45, 7) is 0.461. The minimum atomic E-state index is -3.66. The molecular formula is C19H21NO5S. The summed E-state index contributed by atoms with van der Waals surface area (Å²) < 4.78 is 37.6. The van der Waals surface area contributed by atoms with Crippen molar-refractivity contribution in [3.05, 3.63) is 59.7 Å². The molecular weight excluding hydrogens is 354 g/mol. The van der Waals surface area contributed by atoms with Crippen molar-refractivity contribution in [2.45, 2.75) is 23.8 Å². The lowest BCUT2D eigenvalue weighted by Gasteiger charge is -2.24. The van der Waals surface area contributed by atoms with E-state index in [1.54, 1.807) is 7.11 Å². The zero-order chi connectivity index (χ0) is 18.7. The van der Waals surface area contributed by atoms with Gasteiger partial charge in [-0.05, 0) is 54.8 Å². The van der Waals surface area contributed by atoms with Crippen LogP contribution in [0.4, 0.5) is 0 Å². The molecule has 0 aromatic heterocycles. The van der Waals surface area contributed by atoms with Crippen molar-refractivity contribution in [3.8, 4) is 5.75 Å². The molecule has 1 aliphatic rings.